The highest BCUT2D eigenvalue weighted by Gasteiger charge is 2.43. The Labute approximate surface area is 390 Å². The van der Waals surface area contributed by atoms with Gasteiger partial charge in [-0.05, 0) is 68.5 Å². The maximum Gasteiger partial charge on any atom is 0.255 e. The fourth-order valence-corrected chi connectivity index (χ4v) is 8.94. The molecule has 1 aliphatic carbocycles. The summed E-state index contributed by atoms with van der Waals surface area (Å²) in [5.41, 5.74) is 1.61. The van der Waals surface area contributed by atoms with Crippen molar-refractivity contribution >= 4 is 69.1 Å². The van der Waals surface area contributed by atoms with Gasteiger partial charge in [-0.1, -0.05) is 29.8 Å². The number of rotatable bonds is 24. The van der Waals surface area contributed by atoms with Crippen LogP contribution < -0.4 is 31.3 Å². The van der Waals surface area contributed by atoms with E-state index >= 15 is 0 Å². The number of nitrogens with zero attached hydrogens (tertiary/aromatic N) is 3. The van der Waals surface area contributed by atoms with Crippen molar-refractivity contribution in [2.45, 2.75) is 70.1 Å². The molecule has 3 aliphatic rings. The molecule has 2 aromatic heterocycles. The van der Waals surface area contributed by atoms with E-state index in [0.717, 1.165) is 10.8 Å². The van der Waals surface area contributed by atoms with E-state index in [9.17, 15) is 28.4 Å². The van der Waals surface area contributed by atoms with E-state index in [2.05, 4.69) is 31.6 Å². The molecule has 1 saturated heterocycles. The number of anilines is 3. The molecule has 1 unspecified atom stereocenters. The van der Waals surface area contributed by atoms with Gasteiger partial charge in [-0.2, -0.15) is 0 Å². The molecule has 17 nitrogen and oxygen atoms in total. The van der Waals surface area contributed by atoms with Crippen LogP contribution in [0.2, 0.25) is 5.02 Å². The van der Waals surface area contributed by atoms with Gasteiger partial charge in [0.15, 0.2) is 16.7 Å². The molecule has 1 saturated carbocycles. The van der Waals surface area contributed by atoms with E-state index in [1.807, 2.05) is 23.6 Å². The molecule has 1 atom stereocenters. The molecule has 66 heavy (non-hydrogen) atoms. The Bertz CT molecular complexity index is 2320. The number of carbonyl (C=O) groups excluding carboxylic acids is 5. The van der Waals surface area contributed by atoms with Gasteiger partial charge in [0.2, 0.25) is 23.6 Å². The highest BCUT2D eigenvalue weighted by atomic mass is 35.5. The number of thiazole rings is 1. The first kappa shape index (κ1) is 48.4. The maximum absolute atomic E-state index is 14.6. The molecule has 4 heterocycles. The van der Waals surface area contributed by atoms with Crippen LogP contribution in [0.5, 0.6) is 5.75 Å². The minimum atomic E-state index is -0.758. The molecule has 5 N–H and O–H groups in total. The zero-order chi connectivity index (χ0) is 46.3. The van der Waals surface area contributed by atoms with Gasteiger partial charge in [-0.25, -0.2) is 14.4 Å². The Morgan fingerprint density at radius 3 is 2.41 bits per heavy atom. The summed E-state index contributed by atoms with van der Waals surface area (Å²) in [7, 11) is 0. The predicted octanol–water partition coefficient (Wildman–Crippen LogP) is 5.17. The number of hydrogen-bond donors (Lipinski definition) is 5. The lowest BCUT2D eigenvalue weighted by molar-refractivity contribution is -0.137. The molecule has 5 amide bonds. The van der Waals surface area contributed by atoms with E-state index in [-0.39, 0.29) is 66.3 Å². The van der Waals surface area contributed by atoms with Crippen LogP contribution in [-0.2, 0) is 46.4 Å². The van der Waals surface area contributed by atoms with Gasteiger partial charge in [0.25, 0.3) is 5.91 Å². The summed E-state index contributed by atoms with van der Waals surface area (Å²) in [5, 5.41) is 17.2. The topological polar surface area (TPSA) is 211 Å². The molecule has 0 spiro atoms. The van der Waals surface area contributed by atoms with Gasteiger partial charge in [-0.3, -0.25) is 29.3 Å². The number of piperidine rings is 1. The number of amides is 5. The summed E-state index contributed by atoms with van der Waals surface area (Å²) in [6, 6.07) is 14.7. The van der Waals surface area contributed by atoms with E-state index in [4.69, 9.17) is 35.5 Å². The van der Waals surface area contributed by atoms with Gasteiger partial charge in [-0.15, -0.1) is 11.3 Å². The third-order valence-electron chi connectivity index (χ3n) is 11.7. The zero-order valence-electron chi connectivity index (χ0n) is 36.4. The van der Waals surface area contributed by atoms with Crippen LogP contribution in [-0.4, -0.2) is 116 Å². The van der Waals surface area contributed by atoms with Crippen molar-refractivity contribution in [3.8, 4) is 5.75 Å². The minimum absolute atomic E-state index is 0.00349. The summed E-state index contributed by atoms with van der Waals surface area (Å²) in [4.78, 5) is 74.2. The van der Waals surface area contributed by atoms with Gasteiger partial charge in [0.05, 0.1) is 56.2 Å². The number of pyridine rings is 1. The largest absolute Gasteiger partial charge is 0.487 e. The fourth-order valence-electron chi connectivity index (χ4n) is 8.24. The third-order valence-corrected chi connectivity index (χ3v) is 12.6. The van der Waals surface area contributed by atoms with Crippen LogP contribution in [0.15, 0.2) is 66.2 Å². The van der Waals surface area contributed by atoms with Crippen molar-refractivity contribution in [3.05, 3.63) is 93.8 Å². The number of aromatic nitrogens is 2. The maximum atomic E-state index is 14.6. The monoisotopic (exact) mass is 948 g/mol. The third kappa shape index (κ3) is 13.1. The number of ether oxygens (including phenoxy) is 4. The lowest BCUT2D eigenvalue weighted by Gasteiger charge is -2.39. The average molecular weight is 950 g/mol. The van der Waals surface area contributed by atoms with Crippen molar-refractivity contribution in [2.75, 3.05) is 69.9 Å². The Balaban J connectivity index is 0.745. The van der Waals surface area contributed by atoms with Crippen molar-refractivity contribution in [3.63, 3.8) is 0 Å². The summed E-state index contributed by atoms with van der Waals surface area (Å²) in [6.45, 7) is 3.60. The van der Waals surface area contributed by atoms with Crippen molar-refractivity contribution in [1.82, 2.24) is 30.8 Å². The predicted molar refractivity (Wildman–Crippen MR) is 244 cm³/mol. The van der Waals surface area contributed by atoms with Crippen molar-refractivity contribution in [1.29, 1.82) is 0 Å². The van der Waals surface area contributed by atoms with Gasteiger partial charge in [0.1, 0.15) is 11.9 Å². The second kappa shape index (κ2) is 23.7. The van der Waals surface area contributed by atoms with Crippen LogP contribution in [0.1, 0.15) is 66.6 Å². The summed E-state index contributed by atoms with van der Waals surface area (Å²) in [5.74, 6) is -1.31. The highest BCUT2D eigenvalue weighted by Crippen LogP contribution is 2.41. The van der Waals surface area contributed by atoms with E-state index in [0.29, 0.717) is 114 Å². The Morgan fingerprint density at radius 1 is 0.909 bits per heavy atom. The molecule has 7 rings (SSSR count). The first-order chi connectivity index (χ1) is 32.1. The van der Waals surface area contributed by atoms with Crippen LogP contribution >= 0.6 is 22.9 Å². The number of fused-ring (bicyclic) bond motifs is 1. The molecular formula is C46H54ClFN8O9S. The van der Waals surface area contributed by atoms with Gasteiger partial charge < -0.3 is 45.1 Å². The normalized spacial score (nSPS) is 19.3. The van der Waals surface area contributed by atoms with E-state index in [1.165, 1.54) is 22.3 Å². The zero-order valence-corrected chi connectivity index (χ0v) is 38.0. The number of carbonyl (C=O) groups is 5. The van der Waals surface area contributed by atoms with Crippen LogP contribution in [0, 0.1) is 11.2 Å². The number of imide groups is 1. The van der Waals surface area contributed by atoms with Crippen molar-refractivity contribution in [2.24, 2.45) is 5.41 Å². The molecular weight excluding hydrogens is 895 g/mol. The molecule has 2 aromatic carbocycles. The molecule has 4 aromatic rings. The second-order valence-electron chi connectivity index (χ2n) is 16.2. The Morgan fingerprint density at radius 2 is 1.65 bits per heavy atom. The number of halogens is 2. The Hall–Kier alpha value is -5.57. The molecule has 0 bridgehead atoms. The van der Waals surface area contributed by atoms with E-state index in [1.54, 1.807) is 36.5 Å². The molecule has 2 aliphatic heterocycles. The lowest BCUT2D eigenvalue weighted by Crippen LogP contribution is -2.52. The first-order valence-corrected chi connectivity index (χ1v) is 23.4. The second-order valence-corrected chi connectivity index (χ2v) is 17.5. The van der Waals surface area contributed by atoms with Crippen molar-refractivity contribution < 1.29 is 47.3 Å². The van der Waals surface area contributed by atoms with Gasteiger partial charge >= 0.3 is 0 Å². The van der Waals surface area contributed by atoms with Crippen LogP contribution in [0.4, 0.5) is 21.0 Å². The fraction of sp³-hybridized carbons (Fsp3) is 0.457. The van der Waals surface area contributed by atoms with Gasteiger partial charge in [0, 0.05) is 79.5 Å². The average Bonchev–Trinajstić information content (AvgIpc) is 3.95. The molecule has 20 heteroatoms. The van der Waals surface area contributed by atoms with Crippen LogP contribution in [0.3, 0.4) is 0 Å². The smallest absolute Gasteiger partial charge is 0.255 e. The summed E-state index contributed by atoms with van der Waals surface area (Å²) >= 11 is 7.44. The van der Waals surface area contributed by atoms with Crippen LogP contribution in [0.25, 0.3) is 0 Å². The molecule has 0 radical (unpaired) electrons. The number of nitrogens with one attached hydrogen (secondary N) is 5. The quantitative estimate of drug-likeness (QED) is 0.0454. The summed E-state index contributed by atoms with van der Waals surface area (Å²) < 4.78 is 37.6. The lowest BCUT2D eigenvalue weighted by atomic mass is 9.69. The number of benzene rings is 2. The minimum Gasteiger partial charge on any atom is -0.487 e. The summed E-state index contributed by atoms with van der Waals surface area (Å²) in [6.07, 6.45) is 4.60. The molecule has 352 valence electrons. The Kier molecular flexibility index (Phi) is 17.4. The highest BCUT2D eigenvalue weighted by molar-refractivity contribution is 7.13. The van der Waals surface area contributed by atoms with E-state index < -0.39 is 23.2 Å². The molecule has 2 fully saturated rings. The standard InChI is InChI=1S/C46H54ClFN8O9S/c47-34-6-3-8-37(41(34)48)65-31-12-15-46(16-13-31,28-30-4-1-9-38(52-30)54-45-51-20-27-66-45)44(61)50-19-22-63-24-26-64-25-23-62-21-18-49-17-14-40(58)53-35-7-2-5-32-33(35)29-56(43(32)60)36-10-11-39(57)55-42(36)59/h1-9,20,27,31,36,49H,10-19,21-26,28-29H2,(H,50,61)(H,53,58)(H,51,52,54)(H,55,57,59). The SMILES string of the molecule is O=C1CCC(N2Cc3c(NC(=O)CCNCCOCCOCCOCCNC(=O)C4(Cc5cccc(Nc6nccs6)n5)CCC(Oc5cccc(Cl)c5F)CC4)cccc3C2=O)C(=O)N1. The number of hydrogen-bond acceptors (Lipinski definition) is 14. The first-order valence-electron chi connectivity index (χ1n) is 22.1.